The van der Waals surface area contributed by atoms with E-state index in [-0.39, 0.29) is 23.7 Å². The van der Waals surface area contributed by atoms with Gasteiger partial charge in [-0.1, -0.05) is 30.3 Å². The number of carbonyl (C=O) groups is 2. The third-order valence-corrected chi connectivity index (χ3v) is 4.66. The number of amides is 1. The molecule has 1 aliphatic heterocycles. The molecule has 5 heteroatoms. The van der Waals surface area contributed by atoms with Crippen LogP contribution in [0.1, 0.15) is 35.2 Å². The highest BCUT2D eigenvalue weighted by atomic mass is 16.5. The number of nitrogens with one attached hydrogen (secondary N) is 2. The first kappa shape index (κ1) is 18.1. The molecule has 1 aliphatic rings. The van der Waals surface area contributed by atoms with Crippen LogP contribution >= 0.6 is 0 Å². The van der Waals surface area contributed by atoms with Gasteiger partial charge in [0.05, 0.1) is 18.1 Å². The summed E-state index contributed by atoms with van der Waals surface area (Å²) < 4.78 is 5.01. The van der Waals surface area contributed by atoms with Crippen LogP contribution < -0.4 is 10.6 Å². The fourth-order valence-corrected chi connectivity index (χ4v) is 3.27. The summed E-state index contributed by atoms with van der Waals surface area (Å²) in [5.41, 5.74) is 2.50. The van der Waals surface area contributed by atoms with Gasteiger partial charge in [0.25, 0.3) is 0 Å². The van der Waals surface area contributed by atoms with Crippen molar-refractivity contribution < 1.29 is 14.3 Å². The van der Waals surface area contributed by atoms with Crippen molar-refractivity contribution >= 4 is 17.6 Å². The van der Waals surface area contributed by atoms with Crippen LogP contribution in [0.2, 0.25) is 0 Å². The van der Waals surface area contributed by atoms with Crippen molar-refractivity contribution in [2.45, 2.75) is 19.3 Å². The third-order valence-electron chi connectivity index (χ3n) is 4.66. The molecular formula is C21H24N2O3. The molecule has 0 bridgehead atoms. The molecule has 2 N–H and O–H groups in total. The molecule has 1 heterocycles. The zero-order valence-corrected chi connectivity index (χ0v) is 14.9. The zero-order valence-electron chi connectivity index (χ0n) is 14.9. The number of rotatable bonds is 5. The van der Waals surface area contributed by atoms with Gasteiger partial charge in [-0.05, 0) is 49.1 Å². The molecule has 1 saturated heterocycles. The first-order chi connectivity index (χ1) is 12.7. The van der Waals surface area contributed by atoms with Gasteiger partial charge in [0.2, 0.25) is 5.91 Å². The molecule has 1 amide bonds. The fourth-order valence-electron chi connectivity index (χ4n) is 3.27. The summed E-state index contributed by atoms with van der Waals surface area (Å²) in [6, 6.07) is 17.0. The predicted octanol–water partition coefficient (Wildman–Crippen LogP) is 3.20. The number of benzene rings is 2. The smallest absolute Gasteiger partial charge is 0.338 e. The van der Waals surface area contributed by atoms with Gasteiger partial charge in [-0.3, -0.25) is 4.79 Å². The standard InChI is InChI=1S/C21H24N2O3/c1-2-26-21(25)16-10-8-15(9-11-16)17-12-18(14-22-13-17)20(24)23-19-6-4-3-5-7-19/h3-11,17-18,22H,2,12-14H2,1H3,(H,23,24). The summed E-state index contributed by atoms with van der Waals surface area (Å²) in [5, 5.41) is 6.34. The quantitative estimate of drug-likeness (QED) is 0.811. The molecule has 136 valence electrons. The fraction of sp³-hybridized carbons (Fsp3) is 0.333. The van der Waals surface area contributed by atoms with Crippen molar-refractivity contribution in [1.82, 2.24) is 5.32 Å². The monoisotopic (exact) mass is 352 g/mol. The van der Waals surface area contributed by atoms with E-state index in [1.165, 1.54) is 0 Å². The SMILES string of the molecule is CCOC(=O)c1ccc(C2CNCC(C(=O)Nc3ccccc3)C2)cc1. The minimum Gasteiger partial charge on any atom is -0.462 e. The summed E-state index contributed by atoms with van der Waals surface area (Å²) in [6.07, 6.45) is 0.782. The van der Waals surface area contributed by atoms with Crippen LogP contribution in [0.3, 0.4) is 0 Å². The Morgan fingerprint density at radius 2 is 1.81 bits per heavy atom. The summed E-state index contributed by atoms with van der Waals surface area (Å²) in [6.45, 7) is 3.66. The van der Waals surface area contributed by atoms with Gasteiger partial charge < -0.3 is 15.4 Å². The number of hydrogen-bond donors (Lipinski definition) is 2. The van der Waals surface area contributed by atoms with E-state index in [4.69, 9.17) is 4.74 Å². The maximum Gasteiger partial charge on any atom is 0.338 e. The molecule has 1 fully saturated rings. The molecule has 2 aromatic rings. The molecule has 26 heavy (non-hydrogen) atoms. The number of hydrogen-bond acceptors (Lipinski definition) is 4. The second kappa shape index (κ2) is 8.63. The van der Waals surface area contributed by atoms with Gasteiger partial charge in [0.1, 0.15) is 0 Å². The topological polar surface area (TPSA) is 67.4 Å². The summed E-state index contributed by atoms with van der Waals surface area (Å²) in [7, 11) is 0. The van der Waals surface area contributed by atoms with Crippen molar-refractivity contribution in [3.63, 3.8) is 0 Å². The first-order valence-electron chi connectivity index (χ1n) is 9.01. The summed E-state index contributed by atoms with van der Waals surface area (Å²) in [4.78, 5) is 24.3. The largest absolute Gasteiger partial charge is 0.462 e. The molecule has 2 atom stereocenters. The van der Waals surface area contributed by atoms with Crippen LogP contribution in [0.25, 0.3) is 0 Å². The van der Waals surface area contributed by atoms with Gasteiger partial charge in [-0.25, -0.2) is 4.79 Å². The number of anilines is 1. The van der Waals surface area contributed by atoms with Crippen LogP contribution in [0.5, 0.6) is 0 Å². The van der Waals surface area contributed by atoms with E-state index in [0.29, 0.717) is 18.7 Å². The Hall–Kier alpha value is -2.66. The number of para-hydroxylation sites is 1. The number of esters is 1. The molecule has 0 radical (unpaired) electrons. The zero-order chi connectivity index (χ0) is 18.4. The lowest BCUT2D eigenvalue weighted by Gasteiger charge is -2.29. The molecule has 0 aliphatic carbocycles. The lowest BCUT2D eigenvalue weighted by Crippen LogP contribution is -2.40. The average molecular weight is 352 g/mol. The molecule has 0 spiro atoms. The lowest BCUT2D eigenvalue weighted by molar-refractivity contribution is -0.120. The Morgan fingerprint density at radius 1 is 1.08 bits per heavy atom. The van der Waals surface area contributed by atoms with Crippen molar-refractivity contribution in [2.75, 3.05) is 25.0 Å². The van der Waals surface area contributed by atoms with Gasteiger partial charge >= 0.3 is 5.97 Å². The Labute approximate surface area is 153 Å². The minimum atomic E-state index is -0.305. The molecule has 5 nitrogen and oxygen atoms in total. The first-order valence-corrected chi connectivity index (χ1v) is 9.01. The van der Waals surface area contributed by atoms with Gasteiger partial charge in [-0.2, -0.15) is 0 Å². The Kier molecular flexibility index (Phi) is 6.02. The second-order valence-corrected chi connectivity index (χ2v) is 6.49. The van der Waals surface area contributed by atoms with Crippen LogP contribution in [-0.2, 0) is 9.53 Å². The lowest BCUT2D eigenvalue weighted by atomic mass is 9.85. The van der Waals surface area contributed by atoms with Crippen LogP contribution in [-0.4, -0.2) is 31.6 Å². The minimum absolute atomic E-state index is 0.0385. The molecule has 3 rings (SSSR count). The van der Waals surface area contributed by atoms with Gasteiger partial charge in [-0.15, -0.1) is 0 Å². The van der Waals surface area contributed by atoms with E-state index in [1.54, 1.807) is 19.1 Å². The normalized spacial score (nSPS) is 19.6. The van der Waals surface area contributed by atoms with Crippen molar-refractivity contribution in [3.05, 3.63) is 65.7 Å². The Morgan fingerprint density at radius 3 is 2.50 bits per heavy atom. The maximum atomic E-state index is 12.5. The summed E-state index contributed by atoms with van der Waals surface area (Å²) >= 11 is 0. The Bertz CT molecular complexity index is 744. The number of ether oxygens (including phenoxy) is 1. The highest BCUT2D eigenvalue weighted by Gasteiger charge is 2.28. The van der Waals surface area contributed by atoms with E-state index in [2.05, 4.69) is 10.6 Å². The third kappa shape index (κ3) is 4.49. The van der Waals surface area contributed by atoms with Crippen LogP contribution in [0.15, 0.2) is 54.6 Å². The molecule has 2 unspecified atom stereocenters. The molecule has 0 aromatic heterocycles. The van der Waals surface area contributed by atoms with Crippen molar-refractivity contribution in [3.8, 4) is 0 Å². The van der Waals surface area contributed by atoms with Gasteiger partial charge in [0, 0.05) is 18.8 Å². The predicted molar refractivity (Wildman–Crippen MR) is 101 cm³/mol. The van der Waals surface area contributed by atoms with Crippen molar-refractivity contribution in [1.29, 1.82) is 0 Å². The number of piperidine rings is 1. The Balaban J connectivity index is 1.62. The van der Waals surface area contributed by atoms with E-state index in [9.17, 15) is 9.59 Å². The van der Waals surface area contributed by atoms with E-state index in [1.807, 2.05) is 42.5 Å². The maximum absolute atomic E-state index is 12.5. The van der Waals surface area contributed by atoms with Crippen molar-refractivity contribution in [2.24, 2.45) is 5.92 Å². The second-order valence-electron chi connectivity index (χ2n) is 6.49. The van der Waals surface area contributed by atoms with E-state index in [0.717, 1.165) is 24.2 Å². The van der Waals surface area contributed by atoms with Gasteiger partial charge in [0.15, 0.2) is 0 Å². The van der Waals surface area contributed by atoms with E-state index >= 15 is 0 Å². The highest BCUT2D eigenvalue weighted by Crippen LogP contribution is 2.27. The molecule has 0 saturated carbocycles. The average Bonchev–Trinajstić information content (AvgIpc) is 2.69. The molecular weight excluding hydrogens is 328 g/mol. The van der Waals surface area contributed by atoms with Crippen LogP contribution in [0, 0.1) is 5.92 Å². The number of carbonyl (C=O) groups excluding carboxylic acids is 2. The highest BCUT2D eigenvalue weighted by molar-refractivity contribution is 5.92. The van der Waals surface area contributed by atoms with E-state index < -0.39 is 0 Å². The molecule has 2 aromatic carbocycles. The summed E-state index contributed by atoms with van der Waals surface area (Å²) in [5.74, 6) is -0.109. The van der Waals surface area contributed by atoms with Crippen LogP contribution in [0.4, 0.5) is 5.69 Å².